The zero-order chi connectivity index (χ0) is 19.2. The number of ether oxygens (including phenoxy) is 1. The number of rotatable bonds is 9. The van der Waals surface area contributed by atoms with Crippen molar-refractivity contribution in [1.82, 2.24) is 0 Å². The molecule has 0 atom stereocenters. The number of aryl methyl sites for hydroxylation is 2. The van der Waals surface area contributed by atoms with E-state index >= 15 is 0 Å². The predicted octanol–water partition coefficient (Wildman–Crippen LogP) is 6.08. The number of hydrogen-bond donors (Lipinski definition) is 0. The standard InChI is InChI=1S/C22H30O3Si/c1-6-26(7-2,8-3)25-21-13-12-19(15-23)20(14-21)16-24-22-17(4)10-9-11-18(22)5/h9-15H,6-8,16H2,1-5H3. The molecule has 0 aromatic heterocycles. The van der Waals surface area contributed by atoms with Gasteiger partial charge in [-0.15, -0.1) is 0 Å². The summed E-state index contributed by atoms with van der Waals surface area (Å²) in [5, 5.41) is 0. The van der Waals surface area contributed by atoms with Crippen LogP contribution in [0, 0.1) is 13.8 Å². The molecule has 0 saturated heterocycles. The summed E-state index contributed by atoms with van der Waals surface area (Å²) in [6.45, 7) is 11.1. The molecule has 0 saturated carbocycles. The number of benzene rings is 2. The van der Waals surface area contributed by atoms with Crippen molar-refractivity contribution in [2.75, 3.05) is 0 Å². The molecule has 26 heavy (non-hydrogen) atoms. The van der Waals surface area contributed by atoms with Gasteiger partial charge in [0.05, 0.1) is 0 Å². The van der Waals surface area contributed by atoms with Crippen molar-refractivity contribution in [3.05, 3.63) is 58.7 Å². The summed E-state index contributed by atoms with van der Waals surface area (Å²) in [6.07, 6.45) is 0.886. The van der Waals surface area contributed by atoms with Crippen LogP contribution in [0.15, 0.2) is 36.4 Å². The molecule has 0 fully saturated rings. The molecular weight excluding hydrogens is 340 g/mol. The number of aldehydes is 1. The molecular formula is C22H30O3Si. The molecule has 0 N–H and O–H groups in total. The Bertz CT molecular complexity index is 723. The zero-order valence-electron chi connectivity index (χ0n) is 16.6. The minimum absolute atomic E-state index is 0.357. The second kappa shape index (κ2) is 9.04. The molecule has 0 radical (unpaired) electrons. The van der Waals surface area contributed by atoms with E-state index in [9.17, 15) is 4.79 Å². The highest BCUT2D eigenvalue weighted by molar-refractivity contribution is 6.74. The number of hydrogen-bond acceptors (Lipinski definition) is 3. The fraction of sp³-hybridized carbons (Fsp3) is 0.409. The lowest BCUT2D eigenvalue weighted by molar-refractivity contribution is 0.112. The lowest BCUT2D eigenvalue weighted by Gasteiger charge is -2.29. The maximum atomic E-state index is 11.4. The molecule has 2 aromatic rings. The number of para-hydroxylation sites is 1. The molecule has 140 valence electrons. The Morgan fingerprint density at radius 1 is 0.962 bits per heavy atom. The molecule has 0 heterocycles. The molecule has 0 aliphatic heterocycles. The first-order chi connectivity index (χ1) is 12.5. The minimum atomic E-state index is -1.74. The van der Waals surface area contributed by atoms with Gasteiger partial charge in [-0.3, -0.25) is 4.79 Å². The van der Waals surface area contributed by atoms with E-state index in [1.807, 2.05) is 50.2 Å². The van der Waals surface area contributed by atoms with Gasteiger partial charge in [0.15, 0.2) is 0 Å². The van der Waals surface area contributed by atoms with E-state index in [-0.39, 0.29) is 0 Å². The van der Waals surface area contributed by atoms with Gasteiger partial charge in [0.25, 0.3) is 0 Å². The molecule has 0 spiro atoms. The van der Waals surface area contributed by atoms with Gasteiger partial charge in [0.2, 0.25) is 8.32 Å². The molecule has 0 amide bonds. The highest BCUT2D eigenvalue weighted by Gasteiger charge is 2.30. The molecule has 0 aliphatic rings. The zero-order valence-corrected chi connectivity index (χ0v) is 17.6. The Kier molecular flexibility index (Phi) is 7.03. The first-order valence-corrected chi connectivity index (χ1v) is 12.0. The minimum Gasteiger partial charge on any atom is -0.543 e. The Balaban J connectivity index is 2.26. The Morgan fingerprint density at radius 3 is 2.12 bits per heavy atom. The molecule has 3 nitrogen and oxygen atoms in total. The smallest absolute Gasteiger partial charge is 0.250 e. The Labute approximate surface area is 158 Å². The second-order valence-corrected chi connectivity index (χ2v) is 11.5. The van der Waals surface area contributed by atoms with E-state index in [0.29, 0.717) is 12.2 Å². The van der Waals surface area contributed by atoms with E-state index in [1.165, 1.54) is 0 Å². The quantitative estimate of drug-likeness (QED) is 0.396. The second-order valence-electron chi connectivity index (χ2n) is 6.83. The summed E-state index contributed by atoms with van der Waals surface area (Å²) in [5.74, 6) is 1.74. The van der Waals surface area contributed by atoms with Crippen molar-refractivity contribution >= 4 is 14.6 Å². The van der Waals surface area contributed by atoms with Crippen molar-refractivity contribution in [3.63, 3.8) is 0 Å². The monoisotopic (exact) mass is 370 g/mol. The third-order valence-corrected chi connectivity index (χ3v) is 9.82. The fourth-order valence-electron chi connectivity index (χ4n) is 3.28. The van der Waals surface area contributed by atoms with E-state index in [0.717, 1.165) is 52.6 Å². The van der Waals surface area contributed by atoms with Crippen LogP contribution in [0.3, 0.4) is 0 Å². The number of carbonyl (C=O) groups is 1. The topological polar surface area (TPSA) is 35.5 Å². The van der Waals surface area contributed by atoms with E-state index in [1.54, 1.807) is 0 Å². The first-order valence-electron chi connectivity index (χ1n) is 9.44. The van der Waals surface area contributed by atoms with Crippen LogP contribution in [0.2, 0.25) is 18.1 Å². The largest absolute Gasteiger partial charge is 0.543 e. The Morgan fingerprint density at radius 2 is 1.58 bits per heavy atom. The highest BCUT2D eigenvalue weighted by Crippen LogP contribution is 2.28. The van der Waals surface area contributed by atoms with Crippen LogP contribution in [0.25, 0.3) is 0 Å². The average molecular weight is 371 g/mol. The highest BCUT2D eigenvalue weighted by atomic mass is 28.4. The maximum Gasteiger partial charge on any atom is 0.250 e. The van der Waals surface area contributed by atoms with Crippen LogP contribution in [0.5, 0.6) is 11.5 Å². The third-order valence-electron chi connectivity index (χ3n) is 5.29. The molecule has 0 bridgehead atoms. The summed E-state index contributed by atoms with van der Waals surface area (Å²) in [6, 6.07) is 15.1. The van der Waals surface area contributed by atoms with Crippen molar-refractivity contribution in [1.29, 1.82) is 0 Å². The van der Waals surface area contributed by atoms with Gasteiger partial charge in [0.1, 0.15) is 24.4 Å². The van der Waals surface area contributed by atoms with Gasteiger partial charge < -0.3 is 9.16 Å². The maximum absolute atomic E-state index is 11.4. The lowest BCUT2D eigenvalue weighted by Crippen LogP contribution is -2.39. The van der Waals surface area contributed by atoms with E-state index in [4.69, 9.17) is 9.16 Å². The van der Waals surface area contributed by atoms with E-state index < -0.39 is 8.32 Å². The van der Waals surface area contributed by atoms with Crippen molar-refractivity contribution < 1.29 is 14.0 Å². The van der Waals surface area contributed by atoms with Crippen LogP contribution in [-0.2, 0) is 6.61 Å². The molecule has 2 aromatic carbocycles. The average Bonchev–Trinajstić information content (AvgIpc) is 2.66. The van der Waals surface area contributed by atoms with Crippen molar-refractivity contribution in [2.24, 2.45) is 0 Å². The SMILES string of the molecule is CC[Si](CC)(CC)Oc1ccc(C=O)c(COc2c(C)cccc2C)c1. The van der Waals surface area contributed by atoms with Crippen LogP contribution < -0.4 is 9.16 Å². The summed E-state index contributed by atoms with van der Waals surface area (Å²) in [7, 11) is -1.74. The van der Waals surface area contributed by atoms with Gasteiger partial charge in [-0.2, -0.15) is 0 Å². The molecule has 4 heteroatoms. The molecule has 2 rings (SSSR count). The predicted molar refractivity (Wildman–Crippen MR) is 110 cm³/mol. The first kappa shape index (κ1) is 20.2. The van der Waals surface area contributed by atoms with Crippen molar-refractivity contribution in [3.8, 4) is 11.5 Å². The van der Waals surface area contributed by atoms with Crippen LogP contribution in [0.1, 0.15) is 47.8 Å². The van der Waals surface area contributed by atoms with Gasteiger partial charge in [-0.05, 0) is 61.3 Å². The summed E-state index contributed by atoms with van der Waals surface area (Å²) in [4.78, 5) is 11.4. The molecule has 0 unspecified atom stereocenters. The summed E-state index contributed by atoms with van der Waals surface area (Å²) >= 11 is 0. The normalized spacial score (nSPS) is 11.3. The Hall–Kier alpha value is -2.07. The summed E-state index contributed by atoms with van der Waals surface area (Å²) in [5.41, 5.74) is 3.71. The van der Waals surface area contributed by atoms with Crippen LogP contribution >= 0.6 is 0 Å². The number of carbonyl (C=O) groups excluding carboxylic acids is 1. The van der Waals surface area contributed by atoms with Crippen LogP contribution in [-0.4, -0.2) is 14.6 Å². The van der Waals surface area contributed by atoms with Crippen LogP contribution in [0.4, 0.5) is 0 Å². The lowest BCUT2D eigenvalue weighted by atomic mass is 10.1. The summed E-state index contributed by atoms with van der Waals surface area (Å²) < 4.78 is 12.5. The van der Waals surface area contributed by atoms with Crippen molar-refractivity contribution in [2.45, 2.75) is 59.4 Å². The van der Waals surface area contributed by atoms with Gasteiger partial charge in [-0.1, -0.05) is 39.0 Å². The van der Waals surface area contributed by atoms with E-state index in [2.05, 4.69) is 20.8 Å². The molecule has 0 aliphatic carbocycles. The fourth-order valence-corrected chi connectivity index (χ4v) is 5.84. The van der Waals surface area contributed by atoms with Gasteiger partial charge in [-0.25, -0.2) is 0 Å². The van der Waals surface area contributed by atoms with Gasteiger partial charge >= 0.3 is 0 Å². The third kappa shape index (κ3) is 4.55. The van der Waals surface area contributed by atoms with Gasteiger partial charge in [0, 0.05) is 11.1 Å².